The smallest absolute Gasteiger partial charge is 0.109 e. The second kappa shape index (κ2) is 5.39. The monoisotopic (exact) mass is 232 g/mol. The molecule has 0 amide bonds. The van der Waals surface area contributed by atoms with Crippen LogP contribution in [0.5, 0.6) is 0 Å². The fraction of sp³-hybridized carbons (Fsp3) is 1.00. The summed E-state index contributed by atoms with van der Waals surface area (Å²) in [5.74, 6) is 0. The standard InChI is InChI=1S/C10H20N2O4/c11-5-7-9(10(14)8(6-13)16-7)12-1-3-15-4-2-12/h7-10,13-14H,1-6,11H2. The van der Waals surface area contributed by atoms with Gasteiger partial charge in [0.25, 0.3) is 0 Å². The van der Waals surface area contributed by atoms with Crippen molar-refractivity contribution in [2.45, 2.75) is 24.4 Å². The third kappa shape index (κ3) is 2.22. The minimum atomic E-state index is -0.670. The molecule has 0 radical (unpaired) electrons. The minimum absolute atomic E-state index is 0.119. The highest BCUT2D eigenvalue weighted by Crippen LogP contribution is 2.25. The molecule has 0 aromatic heterocycles. The van der Waals surface area contributed by atoms with Gasteiger partial charge in [0.15, 0.2) is 0 Å². The first-order valence-corrected chi connectivity index (χ1v) is 5.74. The SMILES string of the molecule is NCC1OC(CO)C(O)C1N1CCOCC1. The molecular weight excluding hydrogens is 212 g/mol. The molecule has 0 bridgehead atoms. The Morgan fingerprint density at radius 3 is 2.50 bits per heavy atom. The fourth-order valence-corrected chi connectivity index (χ4v) is 2.50. The van der Waals surface area contributed by atoms with Crippen LogP contribution < -0.4 is 5.73 Å². The van der Waals surface area contributed by atoms with Crippen LogP contribution in [0.4, 0.5) is 0 Å². The summed E-state index contributed by atoms with van der Waals surface area (Å²) in [6.07, 6.45) is -1.39. The quantitative estimate of drug-likeness (QED) is 0.510. The molecule has 4 atom stereocenters. The Kier molecular flexibility index (Phi) is 4.12. The highest BCUT2D eigenvalue weighted by atomic mass is 16.5. The Balaban J connectivity index is 2.04. The van der Waals surface area contributed by atoms with Crippen molar-refractivity contribution < 1.29 is 19.7 Å². The van der Waals surface area contributed by atoms with Crippen LogP contribution >= 0.6 is 0 Å². The summed E-state index contributed by atoms with van der Waals surface area (Å²) in [4.78, 5) is 2.14. The second-order valence-electron chi connectivity index (χ2n) is 4.26. The Morgan fingerprint density at radius 2 is 1.94 bits per heavy atom. The van der Waals surface area contributed by atoms with Crippen molar-refractivity contribution in [3.63, 3.8) is 0 Å². The molecule has 0 aromatic carbocycles. The molecule has 2 heterocycles. The maximum Gasteiger partial charge on any atom is 0.109 e. The van der Waals surface area contributed by atoms with E-state index in [0.29, 0.717) is 19.8 Å². The van der Waals surface area contributed by atoms with Crippen LogP contribution in [0.2, 0.25) is 0 Å². The normalized spacial score (nSPS) is 41.4. The predicted octanol–water partition coefficient (Wildman–Crippen LogP) is -2.23. The Bertz CT molecular complexity index is 221. The van der Waals surface area contributed by atoms with E-state index >= 15 is 0 Å². The maximum atomic E-state index is 10.1. The zero-order chi connectivity index (χ0) is 11.5. The van der Waals surface area contributed by atoms with Crippen molar-refractivity contribution in [3.8, 4) is 0 Å². The van der Waals surface area contributed by atoms with E-state index in [-0.39, 0.29) is 18.8 Å². The highest BCUT2D eigenvalue weighted by molar-refractivity contribution is 4.97. The van der Waals surface area contributed by atoms with Gasteiger partial charge in [-0.1, -0.05) is 0 Å². The first-order valence-electron chi connectivity index (χ1n) is 5.74. The molecule has 94 valence electrons. The predicted molar refractivity (Wildman–Crippen MR) is 57.0 cm³/mol. The molecule has 2 aliphatic heterocycles. The number of rotatable bonds is 3. The van der Waals surface area contributed by atoms with Gasteiger partial charge in [-0.05, 0) is 0 Å². The van der Waals surface area contributed by atoms with Crippen LogP contribution in [0, 0.1) is 0 Å². The molecule has 6 heteroatoms. The van der Waals surface area contributed by atoms with Gasteiger partial charge < -0.3 is 25.4 Å². The molecular formula is C10H20N2O4. The van der Waals surface area contributed by atoms with Crippen molar-refractivity contribution in [1.82, 2.24) is 4.90 Å². The Hall–Kier alpha value is -0.240. The largest absolute Gasteiger partial charge is 0.394 e. The number of aliphatic hydroxyl groups excluding tert-OH is 2. The van der Waals surface area contributed by atoms with E-state index in [1.165, 1.54) is 0 Å². The zero-order valence-corrected chi connectivity index (χ0v) is 9.29. The third-order valence-electron chi connectivity index (χ3n) is 3.34. The number of aliphatic hydroxyl groups is 2. The summed E-state index contributed by atoms with van der Waals surface area (Å²) in [5.41, 5.74) is 5.63. The van der Waals surface area contributed by atoms with Gasteiger partial charge in [-0.2, -0.15) is 0 Å². The molecule has 6 nitrogen and oxygen atoms in total. The Morgan fingerprint density at radius 1 is 1.25 bits per heavy atom. The third-order valence-corrected chi connectivity index (χ3v) is 3.34. The zero-order valence-electron chi connectivity index (χ0n) is 9.29. The lowest BCUT2D eigenvalue weighted by Crippen LogP contribution is -2.53. The summed E-state index contributed by atoms with van der Waals surface area (Å²) < 4.78 is 10.8. The Labute approximate surface area is 94.9 Å². The van der Waals surface area contributed by atoms with Gasteiger partial charge in [0.05, 0.1) is 32.0 Å². The molecule has 0 aliphatic carbocycles. The lowest BCUT2D eigenvalue weighted by atomic mass is 10.0. The molecule has 16 heavy (non-hydrogen) atoms. The number of hydrogen-bond donors (Lipinski definition) is 3. The van der Waals surface area contributed by atoms with E-state index < -0.39 is 12.2 Å². The molecule has 2 rings (SSSR count). The number of ether oxygens (including phenoxy) is 2. The molecule has 4 unspecified atom stereocenters. The first-order chi connectivity index (χ1) is 7.77. The van der Waals surface area contributed by atoms with Crippen LogP contribution in [0.15, 0.2) is 0 Å². The van der Waals surface area contributed by atoms with Crippen molar-refractivity contribution in [2.24, 2.45) is 5.73 Å². The van der Waals surface area contributed by atoms with Crippen molar-refractivity contribution in [1.29, 1.82) is 0 Å². The summed E-state index contributed by atoms with van der Waals surface area (Å²) in [6, 6.07) is -0.119. The number of nitrogens with two attached hydrogens (primary N) is 1. The van der Waals surface area contributed by atoms with Gasteiger partial charge in [0.2, 0.25) is 0 Å². The van der Waals surface area contributed by atoms with E-state index in [4.69, 9.17) is 20.3 Å². The molecule has 2 saturated heterocycles. The highest BCUT2D eigenvalue weighted by Gasteiger charge is 2.45. The summed E-state index contributed by atoms with van der Waals surface area (Å²) in [5, 5.41) is 19.2. The molecule has 2 aliphatic rings. The molecule has 0 spiro atoms. The molecule has 4 N–H and O–H groups in total. The van der Waals surface area contributed by atoms with Gasteiger partial charge in [0, 0.05) is 19.6 Å². The first kappa shape index (κ1) is 12.2. The van der Waals surface area contributed by atoms with E-state index in [9.17, 15) is 5.11 Å². The van der Waals surface area contributed by atoms with E-state index in [0.717, 1.165) is 13.1 Å². The van der Waals surface area contributed by atoms with Crippen molar-refractivity contribution in [3.05, 3.63) is 0 Å². The lowest BCUT2D eigenvalue weighted by Gasteiger charge is -2.35. The van der Waals surface area contributed by atoms with Crippen LogP contribution in [0.25, 0.3) is 0 Å². The average Bonchev–Trinajstić information content (AvgIpc) is 2.66. The maximum absolute atomic E-state index is 10.1. The van der Waals surface area contributed by atoms with Crippen molar-refractivity contribution >= 4 is 0 Å². The van der Waals surface area contributed by atoms with Crippen LogP contribution in [0.3, 0.4) is 0 Å². The topological polar surface area (TPSA) is 88.2 Å². The van der Waals surface area contributed by atoms with Gasteiger partial charge in [-0.15, -0.1) is 0 Å². The van der Waals surface area contributed by atoms with Crippen LogP contribution in [-0.2, 0) is 9.47 Å². The van der Waals surface area contributed by atoms with Crippen LogP contribution in [0.1, 0.15) is 0 Å². The molecule has 0 saturated carbocycles. The van der Waals surface area contributed by atoms with Crippen molar-refractivity contribution in [2.75, 3.05) is 39.5 Å². The van der Waals surface area contributed by atoms with E-state index in [2.05, 4.69) is 4.90 Å². The van der Waals surface area contributed by atoms with E-state index in [1.807, 2.05) is 0 Å². The number of morpholine rings is 1. The van der Waals surface area contributed by atoms with Gasteiger partial charge >= 0.3 is 0 Å². The number of hydrogen-bond acceptors (Lipinski definition) is 6. The van der Waals surface area contributed by atoms with Gasteiger partial charge in [-0.3, -0.25) is 4.90 Å². The fourth-order valence-electron chi connectivity index (χ4n) is 2.50. The van der Waals surface area contributed by atoms with Crippen LogP contribution in [-0.4, -0.2) is 78.9 Å². The van der Waals surface area contributed by atoms with Gasteiger partial charge in [-0.25, -0.2) is 0 Å². The molecule has 2 fully saturated rings. The second-order valence-corrected chi connectivity index (χ2v) is 4.26. The summed E-state index contributed by atoms with van der Waals surface area (Å²) in [7, 11) is 0. The van der Waals surface area contributed by atoms with E-state index in [1.54, 1.807) is 0 Å². The summed E-state index contributed by atoms with van der Waals surface area (Å²) >= 11 is 0. The molecule has 0 aromatic rings. The lowest BCUT2D eigenvalue weighted by molar-refractivity contribution is -0.0197. The average molecular weight is 232 g/mol. The number of nitrogens with zero attached hydrogens (tertiary/aromatic N) is 1. The summed E-state index contributed by atoms with van der Waals surface area (Å²) in [6.45, 7) is 3.09. The minimum Gasteiger partial charge on any atom is -0.394 e. The van der Waals surface area contributed by atoms with Gasteiger partial charge in [0.1, 0.15) is 12.2 Å².